The second-order valence-corrected chi connectivity index (χ2v) is 6.97. The summed E-state index contributed by atoms with van der Waals surface area (Å²) in [6, 6.07) is 15.6. The molecule has 0 spiro atoms. The van der Waals surface area contributed by atoms with Crippen LogP contribution in [0.2, 0.25) is 0 Å². The summed E-state index contributed by atoms with van der Waals surface area (Å²) in [6.07, 6.45) is 2.52. The molecule has 4 aromatic rings. The van der Waals surface area contributed by atoms with Gasteiger partial charge in [-0.05, 0) is 54.3 Å². The summed E-state index contributed by atoms with van der Waals surface area (Å²) in [5.41, 5.74) is 2.07. The first kappa shape index (κ1) is 20.5. The quantitative estimate of drug-likeness (QED) is 0.353. The minimum atomic E-state index is -0.897. The molecule has 0 aliphatic carbocycles. The van der Waals surface area contributed by atoms with Crippen LogP contribution in [0.1, 0.15) is 24.5 Å². The topological polar surface area (TPSA) is 22.1 Å². The zero-order valence-electron chi connectivity index (χ0n) is 16.8. The molecule has 0 fully saturated rings. The Morgan fingerprint density at radius 2 is 1.74 bits per heavy atom. The Hall–Kier alpha value is -3.78. The molecule has 0 aliphatic heterocycles. The lowest BCUT2D eigenvalue weighted by Gasteiger charge is -2.06. The molecule has 0 N–H and O–H groups in total. The highest BCUT2D eigenvalue weighted by Gasteiger charge is 2.08. The molecule has 5 heteroatoms. The van der Waals surface area contributed by atoms with Crippen LogP contribution in [0.5, 0.6) is 5.75 Å². The monoisotopic (exact) mass is 417 g/mol. The van der Waals surface area contributed by atoms with E-state index in [1.807, 2.05) is 6.92 Å². The SMILES string of the molecule is CCCOc1ccc(-c2ccc(C#Cc3ccc4c(F)c(F)ccc4c3)c(F)c2)nc1. The van der Waals surface area contributed by atoms with Crippen LogP contribution in [0.4, 0.5) is 13.2 Å². The van der Waals surface area contributed by atoms with E-state index in [0.717, 1.165) is 12.5 Å². The number of aromatic nitrogens is 1. The Labute approximate surface area is 178 Å². The van der Waals surface area contributed by atoms with Crippen LogP contribution >= 0.6 is 0 Å². The highest BCUT2D eigenvalue weighted by molar-refractivity contribution is 5.84. The van der Waals surface area contributed by atoms with Crippen LogP contribution in [0.15, 0.2) is 66.9 Å². The minimum Gasteiger partial charge on any atom is -0.492 e. The fraction of sp³-hybridized carbons (Fsp3) is 0.115. The van der Waals surface area contributed by atoms with Crippen molar-refractivity contribution in [1.29, 1.82) is 0 Å². The Kier molecular flexibility index (Phi) is 5.90. The Morgan fingerprint density at radius 1 is 0.871 bits per heavy atom. The molecule has 3 aromatic carbocycles. The molecule has 0 saturated carbocycles. The summed E-state index contributed by atoms with van der Waals surface area (Å²) >= 11 is 0. The highest BCUT2D eigenvalue weighted by Crippen LogP contribution is 2.23. The summed E-state index contributed by atoms with van der Waals surface area (Å²) in [4.78, 5) is 4.32. The van der Waals surface area contributed by atoms with Gasteiger partial charge in [0, 0.05) is 16.5 Å². The standard InChI is InChI=1S/C26H18F3NO/c1-2-13-31-21-9-12-25(30-16-21)20-7-6-18(24(28)15-20)5-3-17-4-10-22-19(14-17)8-11-23(27)26(22)29/h4,6-12,14-16H,2,13H2,1H3. The highest BCUT2D eigenvalue weighted by atomic mass is 19.2. The molecule has 0 saturated heterocycles. The molecule has 154 valence electrons. The van der Waals surface area contributed by atoms with Crippen LogP contribution in [-0.2, 0) is 0 Å². The van der Waals surface area contributed by atoms with E-state index in [1.54, 1.807) is 42.6 Å². The molecule has 4 rings (SSSR count). The molecule has 2 nitrogen and oxygen atoms in total. The van der Waals surface area contributed by atoms with Gasteiger partial charge in [0.05, 0.1) is 24.1 Å². The van der Waals surface area contributed by atoms with Crippen molar-refractivity contribution in [2.75, 3.05) is 6.61 Å². The second kappa shape index (κ2) is 8.93. The molecular weight excluding hydrogens is 399 g/mol. The van der Waals surface area contributed by atoms with Gasteiger partial charge in [0.15, 0.2) is 11.6 Å². The second-order valence-electron chi connectivity index (χ2n) is 6.97. The fourth-order valence-electron chi connectivity index (χ4n) is 3.11. The van der Waals surface area contributed by atoms with Gasteiger partial charge < -0.3 is 4.74 Å². The number of nitrogens with zero attached hydrogens (tertiary/aromatic N) is 1. The van der Waals surface area contributed by atoms with Crippen LogP contribution < -0.4 is 4.74 Å². The van der Waals surface area contributed by atoms with Gasteiger partial charge in [0.25, 0.3) is 0 Å². The van der Waals surface area contributed by atoms with E-state index in [-0.39, 0.29) is 10.9 Å². The van der Waals surface area contributed by atoms with Gasteiger partial charge in [-0.2, -0.15) is 0 Å². The van der Waals surface area contributed by atoms with Crippen molar-refractivity contribution in [2.45, 2.75) is 13.3 Å². The van der Waals surface area contributed by atoms with Crippen LogP contribution in [0, 0.1) is 29.3 Å². The minimum absolute atomic E-state index is 0.180. The lowest BCUT2D eigenvalue weighted by atomic mass is 10.1. The summed E-state index contributed by atoms with van der Waals surface area (Å²) in [6.45, 7) is 2.64. The third-order valence-electron chi connectivity index (χ3n) is 4.72. The molecule has 0 radical (unpaired) electrons. The van der Waals surface area contributed by atoms with Crippen molar-refractivity contribution < 1.29 is 17.9 Å². The maximum Gasteiger partial charge on any atom is 0.166 e. The van der Waals surface area contributed by atoms with Gasteiger partial charge in [-0.1, -0.05) is 37.0 Å². The molecule has 31 heavy (non-hydrogen) atoms. The van der Waals surface area contributed by atoms with E-state index < -0.39 is 17.5 Å². The van der Waals surface area contributed by atoms with Crippen molar-refractivity contribution >= 4 is 10.8 Å². The largest absolute Gasteiger partial charge is 0.492 e. The van der Waals surface area contributed by atoms with Gasteiger partial charge in [0.2, 0.25) is 0 Å². The molecule has 1 aromatic heterocycles. The molecule has 0 aliphatic rings. The van der Waals surface area contributed by atoms with Crippen molar-refractivity contribution in [1.82, 2.24) is 4.98 Å². The lowest BCUT2D eigenvalue weighted by molar-refractivity contribution is 0.316. The molecule has 0 amide bonds. The first-order valence-corrected chi connectivity index (χ1v) is 9.83. The first-order chi connectivity index (χ1) is 15.0. The van der Waals surface area contributed by atoms with Gasteiger partial charge in [-0.25, -0.2) is 13.2 Å². The number of halogens is 3. The summed E-state index contributed by atoms with van der Waals surface area (Å²) < 4.78 is 47.2. The number of hydrogen-bond acceptors (Lipinski definition) is 2. The van der Waals surface area contributed by atoms with Crippen molar-refractivity contribution in [3.05, 3.63) is 95.4 Å². The smallest absolute Gasteiger partial charge is 0.166 e. The summed E-state index contributed by atoms with van der Waals surface area (Å²) in [5, 5.41) is 0.707. The van der Waals surface area contributed by atoms with E-state index in [9.17, 15) is 13.2 Å². The number of pyridine rings is 1. The van der Waals surface area contributed by atoms with Crippen LogP contribution in [0.3, 0.4) is 0 Å². The Morgan fingerprint density at radius 3 is 2.48 bits per heavy atom. The van der Waals surface area contributed by atoms with E-state index in [1.165, 1.54) is 18.2 Å². The summed E-state index contributed by atoms with van der Waals surface area (Å²) in [5.74, 6) is 4.09. The average molecular weight is 417 g/mol. The Balaban J connectivity index is 1.56. The van der Waals surface area contributed by atoms with Gasteiger partial charge >= 0.3 is 0 Å². The number of fused-ring (bicyclic) bond motifs is 1. The third-order valence-corrected chi connectivity index (χ3v) is 4.72. The predicted octanol–water partition coefficient (Wildman–Crippen LogP) is 6.51. The first-order valence-electron chi connectivity index (χ1n) is 9.83. The van der Waals surface area contributed by atoms with Crippen molar-refractivity contribution in [3.63, 3.8) is 0 Å². The molecular formula is C26H18F3NO. The van der Waals surface area contributed by atoms with Gasteiger partial charge in [-0.15, -0.1) is 0 Å². The van der Waals surface area contributed by atoms with E-state index in [4.69, 9.17) is 4.74 Å². The number of benzene rings is 3. The summed E-state index contributed by atoms with van der Waals surface area (Å²) in [7, 11) is 0. The Bertz CT molecular complexity index is 1300. The van der Waals surface area contributed by atoms with Gasteiger partial charge in [-0.3, -0.25) is 4.98 Å². The lowest BCUT2D eigenvalue weighted by Crippen LogP contribution is -1.95. The number of hydrogen-bond donors (Lipinski definition) is 0. The fourth-order valence-corrected chi connectivity index (χ4v) is 3.11. The van der Waals surface area contributed by atoms with Crippen LogP contribution in [-0.4, -0.2) is 11.6 Å². The average Bonchev–Trinajstić information content (AvgIpc) is 2.79. The number of rotatable bonds is 4. The normalized spacial score (nSPS) is 10.6. The van der Waals surface area contributed by atoms with E-state index in [0.29, 0.717) is 34.6 Å². The molecule has 0 unspecified atom stereocenters. The van der Waals surface area contributed by atoms with Crippen LogP contribution in [0.25, 0.3) is 22.0 Å². The van der Waals surface area contributed by atoms with E-state index in [2.05, 4.69) is 16.8 Å². The maximum atomic E-state index is 14.6. The van der Waals surface area contributed by atoms with Crippen molar-refractivity contribution in [3.8, 4) is 28.8 Å². The van der Waals surface area contributed by atoms with Crippen molar-refractivity contribution in [2.24, 2.45) is 0 Å². The molecule has 0 atom stereocenters. The zero-order valence-corrected chi connectivity index (χ0v) is 16.8. The zero-order chi connectivity index (χ0) is 21.8. The molecule has 1 heterocycles. The van der Waals surface area contributed by atoms with E-state index >= 15 is 0 Å². The third kappa shape index (κ3) is 4.54. The maximum absolute atomic E-state index is 14.6. The molecule has 0 bridgehead atoms. The van der Waals surface area contributed by atoms with Gasteiger partial charge in [0.1, 0.15) is 11.6 Å². The number of ether oxygens (including phenoxy) is 1. The predicted molar refractivity (Wildman–Crippen MR) is 115 cm³/mol.